The first-order valence-corrected chi connectivity index (χ1v) is 4.13. The lowest BCUT2D eigenvalue weighted by Gasteiger charge is -2.35. The minimum atomic E-state index is 0.150. The molecule has 1 amide bonds. The molecule has 1 N–H and O–H groups in total. The van der Waals surface area contributed by atoms with E-state index in [1.54, 1.807) is 0 Å². The van der Waals surface area contributed by atoms with Crippen LogP contribution in [-0.4, -0.2) is 36.0 Å². The van der Waals surface area contributed by atoms with Gasteiger partial charge < -0.3 is 5.32 Å². The maximum absolute atomic E-state index is 11.0. The lowest BCUT2D eigenvalue weighted by Crippen LogP contribution is -2.55. The Hall–Kier alpha value is -0.570. The zero-order valence-electron chi connectivity index (χ0n) is 7.42. The molecule has 3 heteroatoms. The Bertz CT molecular complexity index is 156. The summed E-state index contributed by atoms with van der Waals surface area (Å²) in [4.78, 5) is 13.2. The summed E-state index contributed by atoms with van der Waals surface area (Å²) in [5.74, 6) is 0.150. The van der Waals surface area contributed by atoms with Crippen LogP contribution in [0.3, 0.4) is 0 Å². The molecule has 1 fully saturated rings. The van der Waals surface area contributed by atoms with E-state index in [0.29, 0.717) is 18.6 Å². The van der Waals surface area contributed by atoms with Gasteiger partial charge in [-0.2, -0.15) is 0 Å². The lowest BCUT2D eigenvalue weighted by molar-refractivity contribution is -0.126. The summed E-state index contributed by atoms with van der Waals surface area (Å²) in [7, 11) is 0. The number of rotatable bonds is 1. The van der Waals surface area contributed by atoms with Gasteiger partial charge in [0.2, 0.25) is 5.91 Å². The van der Waals surface area contributed by atoms with Crippen LogP contribution in [0.25, 0.3) is 0 Å². The van der Waals surface area contributed by atoms with Gasteiger partial charge in [-0.1, -0.05) is 0 Å². The van der Waals surface area contributed by atoms with Gasteiger partial charge in [0.05, 0.1) is 6.54 Å². The van der Waals surface area contributed by atoms with E-state index < -0.39 is 0 Å². The lowest BCUT2D eigenvalue weighted by atomic mass is 10.1. The third-order valence-electron chi connectivity index (χ3n) is 2.15. The summed E-state index contributed by atoms with van der Waals surface area (Å²) in [6.45, 7) is 7.72. The summed E-state index contributed by atoms with van der Waals surface area (Å²) in [6, 6.07) is 0.948. The van der Waals surface area contributed by atoms with Crippen molar-refractivity contribution in [2.24, 2.45) is 0 Å². The fourth-order valence-corrected chi connectivity index (χ4v) is 1.45. The van der Waals surface area contributed by atoms with Gasteiger partial charge >= 0.3 is 0 Å². The Morgan fingerprint density at radius 2 is 2.27 bits per heavy atom. The minimum Gasteiger partial charge on any atom is -0.353 e. The van der Waals surface area contributed by atoms with Crippen LogP contribution < -0.4 is 5.32 Å². The normalized spacial score (nSPS) is 27.3. The quantitative estimate of drug-likeness (QED) is 0.589. The van der Waals surface area contributed by atoms with Gasteiger partial charge in [-0.15, -0.1) is 0 Å². The van der Waals surface area contributed by atoms with Gasteiger partial charge in [0.25, 0.3) is 0 Å². The molecule has 0 aromatic rings. The Morgan fingerprint density at radius 3 is 2.73 bits per heavy atom. The highest BCUT2D eigenvalue weighted by molar-refractivity contribution is 5.78. The fraction of sp³-hybridized carbons (Fsp3) is 0.875. The fourth-order valence-electron chi connectivity index (χ4n) is 1.45. The Kier molecular flexibility index (Phi) is 2.49. The summed E-state index contributed by atoms with van der Waals surface area (Å²) in [6.07, 6.45) is 0. The van der Waals surface area contributed by atoms with E-state index in [-0.39, 0.29) is 5.91 Å². The van der Waals surface area contributed by atoms with E-state index in [4.69, 9.17) is 0 Å². The summed E-state index contributed by atoms with van der Waals surface area (Å²) in [5, 5.41) is 2.84. The van der Waals surface area contributed by atoms with E-state index in [1.807, 2.05) is 0 Å². The molecule has 0 radical (unpaired) electrons. The van der Waals surface area contributed by atoms with Crippen LogP contribution in [0.4, 0.5) is 0 Å². The number of carbonyl (C=O) groups excluding carboxylic acids is 1. The molecule has 0 saturated carbocycles. The van der Waals surface area contributed by atoms with E-state index in [1.165, 1.54) is 0 Å². The highest BCUT2D eigenvalue weighted by Gasteiger charge is 2.24. The minimum absolute atomic E-state index is 0.150. The Morgan fingerprint density at radius 1 is 1.64 bits per heavy atom. The molecular weight excluding hydrogens is 140 g/mol. The van der Waals surface area contributed by atoms with Crippen molar-refractivity contribution in [2.45, 2.75) is 32.9 Å². The molecule has 0 aromatic heterocycles. The number of hydrogen-bond donors (Lipinski definition) is 1. The monoisotopic (exact) mass is 156 g/mol. The second-order valence-electron chi connectivity index (χ2n) is 3.42. The molecule has 0 bridgehead atoms. The molecule has 0 aliphatic carbocycles. The topological polar surface area (TPSA) is 32.3 Å². The molecule has 1 aliphatic rings. The van der Waals surface area contributed by atoms with Gasteiger partial charge in [-0.3, -0.25) is 9.69 Å². The molecule has 1 rings (SSSR count). The van der Waals surface area contributed by atoms with Crippen molar-refractivity contribution in [3.05, 3.63) is 0 Å². The predicted octanol–water partition coefficient (Wildman–Crippen LogP) is 0.215. The van der Waals surface area contributed by atoms with Crippen LogP contribution in [0.15, 0.2) is 0 Å². The van der Waals surface area contributed by atoms with Crippen molar-refractivity contribution in [3.8, 4) is 0 Å². The van der Waals surface area contributed by atoms with Crippen molar-refractivity contribution in [1.82, 2.24) is 10.2 Å². The van der Waals surface area contributed by atoms with Gasteiger partial charge in [0.15, 0.2) is 0 Å². The second-order valence-corrected chi connectivity index (χ2v) is 3.42. The summed E-state index contributed by atoms with van der Waals surface area (Å²) < 4.78 is 0. The van der Waals surface area contributed by atoms with Crippen molar-refractivity contribution < 1.29 is 4.79 Å². The van der Waals surface area contributed by atoms with Crippen molar-refractivity contribution in [3.63, 3.8) is 0 Å². The number of nitrogens with zero attached hydrogens (tertiary/aromatic N) is 1. The smallest absolute Gasteiger partial charge is 0.234 e. The zero-order valence-corrected chi connectivity index (χ0v) is 7.42. The zero-order chi connectivity index (χ0) is 8.43. The predicted molar refractivity (Wildman–Crippen MR) is 44.3 cm³/mol. The summed E-state index contributed by atoms with van der Waals surface area (Å²) >= 11 is 0. The maximum atomic E-state index is 11.0. The standard InChI is InChI=1S/C8H16N2O/c1-6(2)10-5-8(11)9-4-7(10)3/h6-7H,4-5H2,1-3H3,(H,9,11)/t7-/m0/s1. The number of amides is 1. The molecule has 3 nitrogen and oxygen atoms in total. The first-order valence-electron chi connectivity index (χ1n) is 4.13. The molecule has 11 heavy (non-hydrogen) atoms. The van der Waals surface area contributed by atoms with Gasteiger partial charge in [-0.25, -0.2) is 0 Å². The second kappa shape index (κ2) is 3.22. The van der Waals surface area contributed by atoms with Gasteiger partial charge in [0, 0.05) is 18.6 Å². The molecule has 0 unspecified atom stereocenters. The molecule has 0 aromatic carbocycles. The molecule has 1 saturated heterocycles. The summed E-state index contributed by atoms with van der Waals surface area (Å²) in [5.41, 5.74) is 0. The van der Waals surface area contributed by atoms with Gasteiger partial charge in [0.1, 0.15) is 0 Å². The Balaban J connectivity index is 2.54. The number of carbonyl (C=O) groups is 1. The number of piperazine rings is 1. The first kappa shape index (κ1) is 8.53. The molecule has 1 atom stereocenters. The van der Waals surface area contributed by atoms with Crippen LogP contribution in [0, 0.1) is 0 Å². The van der Waals surface area contributed by atoms with E-state index in [2.05, 4.69) is 31.0 Å². The average Bonchev–Trinajstić information content (AvgIpc) is 1.94. The van der Waals surface area contributed by atoms with Crippen LogP contribution in [0.2, 0.25) is 0 Å². The van der Waals surface area contributed by atoms with Crippen molar-refractivity contribution in [2.75, 3.05) is 13.1 Å². The maximum Gasteiger partial charge on any atom is 0.234 e. The molecule has 64 valence electrons. The van der Waals surface area contributed by atoms with Gasteiger partial charge in [-0.05, 0) is 20.8 Å². The van der Waals surface area contributed by atoms with Crippen LogP contribution in [0.1, 0.15) is 20.8 Å². The van der Waals surface area contributed by atoms with E-state index >= 15 is 0 Å². The highest BCUT2D eigenvalue weighted by atomic mass is 16.2. The van der Waals surface area contributed by atoms with Crippen LogP contribution in [-0.2, 0) is 4.79 Å². The van der Waals surface area contributed by atoms with Crippen molar-refractivity contribution >= 4 is 5.91 Å². The number of hydrogen-bond acceptors (Lipinski definition) is 2. The molecule has 1 heterocycles. The first-order chi connectivity index (χ1) is 5.11. The molecular formula is C8H16N2O. The van der Waals surface area contributed by atoms with Crippen LogP contribution >= 0.6 is 0 Å². The molecule has 0 spiro atoms. The van der Waals surface area contributed by atoms with Crippen molar-refractivity contribution in [1.29, 1.82) is 0 Å². The van der Waals surface area contributed by atoms with E-state index in [0.717, 1.165) is 6.54 Å². The largest absolute Gasteiger partial charge is 0.353 e. The third kappa shape index (κ3) is 1.93. The number of nitrogens with one attached hydrogen (secondary N) is 1. The average molecular weight is 156 g/mol. The highest BCUT2D eigenvalue weighted by Crippen LogP contribution is 2.07. The Labute approximate surface area is 67.8 Å². The third-order valence-corrected chi connectivity index (χ3v) is 2.15. The molecule has 1 aliphatic heterocycles. The van der Waals surface area contributed by atoms with Crippen LogP contribution in [0.5, 0.6) is 0 Å². The van der Waals surface area contributed by atoms with E-state index in [9.17, 15) is 4.79 Å². The SMILES string of the molecule is CC(C)N1CC(=O)NC[C@@H]1C.